The second-order valence-electron chi connectivity index (χ2n) is 4.49. The lowest BCUT2D eigenvalue weighted by Crippen LogP contribution is -2.28. The topological polar surface area (TPSA) is 32.6 Å². The molecule has 1 saturated heterocycles. The van der Waals surface area contributed by atoms with Gasteiger partial charge in [-0.05, 0) is 30.5 Å². The van der Waals surface area contributed by atoms with Gasteiger partial charge in [-0.3, -0.25) is 0 Å². The fraction of sp³-hybridized carbons (Fsp3) is 0.538. The Kier molecular flexibility index (Phi) is 4.82. The van der Waals surface area contributed by atoms with E-state index in [2.05, 4.69) is 10.1 Å². The van der Waals surface area contributed by atoms with Gasteiger partial charge in [-0.2, -0.15) is 0 Å². The molecule has 0 N–H and O–H groups in total. The Morgan fingerprint density at radius 2 is 1.90 bits per heavy atom. The van der Waals surface area contributed by atoms with Crippen molar-refractivity contribution in [2.24, 2.45) is 0 Å². The van der Waals surface area contributed by atoms with Crippen molar-refractivity contribution < 1.29 is 27.0 Å². The summed E-state index contributed by atoms with van der Waals surface area (Å²) >= 11 is 0. The van der Waals surface area contributed by atoms with Gasteiger partial charge in [-0.25, -0.2) is 9.71 Å². The zero-order valence-electron chi connectivity index (χ0n) is 10.6. The van der Waals surface area contributed by atoms with E-state index in [0.29, 0.717) is 5.56 Å². The first-order valence-corrected chi connectivity index (χ1v) is 6.23. The standard InChI is InChI=1S/C13H14F4NO2/c14-11-7-9(1-2-12(11)20-13(15,16)17)8-19-10-3-5-18-6-4-10/h1-2,7,10H,3-6,8H2. The number of piperidine rings is 1. The molecule has 0 spiro atoms. The Morgan fingerprint density at radius 3 is 2.50 bits per heavy atom. The van der Waals surface area contributed by atoms with Crippen molar-refractivity contribution in [1.82, 2.24) is 5.32 Å². The first kappa shape index (κ1) is 15.1. The fourth-order valence-electron chi connectivity index (χ4n) is 1.95. The maximum Gasteiger partial charge on any atom is 0.573 e. The molecular formula is C13H14F4NO2. The van der Waals surface area contributed by atoms with E-state index in [4.69, 9.17) is 4.74 Å². The predicted octanol–water partition coefficient (Wildman–Crippen LogP) is 3.01. The summed E-state index contributed by atoms with van der Waals surface area (Å²) in [4.78, 5) is 0. The highest BCUT2D eigenvalue weighted by Gasteiger charge is 2.32. The molecule has 20 heavy (non-hydrogen) atoms. The molecule has 0 amide bonds. The van der Waals surface area contributed by atoms with Crippen molar-refractivity contribution in [3.05, 3.63) is 29.6 Å². The molecule has 0 saturated carbocycles. The number of hydrogen-bond donors (Lipinski definition) is 0. The molecule has 0 aliphatic carbocycles. The molecule has 1 aliphatic rings. The zero-order valence-corrected chi connectivity index (χ0v) is 10.6. The van der Waals surface area contributed by atoms with Gasteiger partial charge < -0.3 is 9.47 Å². The Morgan fingerprint density at radius 1 is 1.20 bits per heavy atom. The Hall–Kier alpha value is -1.34. The number of halogens is 4. The molecule has 0 unspecified atom stereocenters. The number of ether oxygens (including phenoxy) is 2. The van der Waals surface area contributed by atoms with Gasteiger partial charge in [0.1, 0.15) is 0 Å². The van der Waals surface area contributed by atoms with Crippen molar-refractivity contribution >= 4 is 0 Å². The van der Waals surface area contributed by atoms with E-state index in [9.17, 15) is 17.6 Å². The molecule has 3 nitrogen and oxygen atoms in total. The monoisotopic (exact) mass is 292 g/mol. The molecule has 111 valence electrons. The third-order valence-electron chi connectivity index (χ3n) is 2.93. The van der Waals surface area contributed by atoms with Crippen LogP contribution in [0.2, 0.25) is 0 Å². The van der Waals surface area contributed by atoms with Crippen LogP contribution < -0.4 is 10.1 Å². The third-order valence-corrected chi connectivity index (χ3v) is 2.93. The van der Waals surface area contributed by atoms with Gasteiger partial charge in [-0.15, -0.1) is 13.2 Å². The highest BCUT2D eigenvalue weighted by Crippen LogP contribution is 2.26. The molecule has 0 aromatic heterocycles. The molecule has 2 rings (SSSR count). The second-order valence-corrected chi connectivity index (χ2v) is 4.49. The Labute approximate surface area is 113 Å². The number of hydrogen-bond acceptors (Lipinski definition) is 2. The van der Waals surface area contributed by atoms with Gasteiger partial charge >= 0.3 is 6.36 Å². The largest absolute Gasteiger partial charge is 0.573 e. The molecule has 0 atom stereocenters. The van der Waals surface area contributed by atoms with Crippen LogP contribution in [0, 0.1) is 5.82 Å². The average Bonchev–Trinajstić information content (AvgIpc) is 2.39. The summed E-state index contributed by atoms with van der Waals surface area (Å²) in [5.41, 5.74) is 0.472. The number of alkyl halides is 3. The summed E-state index contributed by atoms with van der Waals surface area (Å²) < 4.78 is 58.6. The van der Waals surface area contributed by atoms with E-state index >= 15 is 0 Å². The van der Waals surface area contributed by atoms with E-state index in [0.717, 1.165) is 38.1 Å². The minimum Gasteiger partial charge on any atom is -0.403 e. The van der Waals surface area contributed by atoms with E-state index in [1.54, 1.807) is 0 Å². The lowest BCUT2D eigenvalue weighted by molar-refractivity contribution is -0.275. The molecule has 1 heterocycles. The average molecular weight is 292 g/mol. The maximum atomic E-state index is 13.5. The smallest absolute Gasteiger partial charge is 0.403 e. The van der Waals surface area contributed by atoms with Crippen molar-refractivity contribution in [3.8, 4) is 5.75 Å². The Balaban J connectivity index is 1.91. The second kappa shape index (κ2) is 6.41. The van der Waals surface area contributed by atoms with Crippen LogP contribution in [0.4, 0.5) is 17.6 Å². The first-order chi connectivity index (χ1) is 9.44. The summed E-state index contributed by atoms with van der Waals surface area (Å²) in [6.45, 7) is 1.66. The molecule has 0 bridgehead atoms. The van der Waals surface area contributed by atoms with Crippen molar-refractivity contribution in [3.63, 3.8) is 0 Å². The molecule has 1 radical (unpaired) electrons. The molecule has 7 heteroatoms. The normalized spacial score (nSPS) is 17.2. The van der Waals surface area contributed by atoms with Crippen LogP contribution in [-0.4, -0.2) is 25.6 Å². The molecule has 1 aromatic carbocycles. The van der Waals surface area contributed by atoms with Crippen LogP contribution in [0.25, 0.3) is 0 Å². The maximum absolute atomic E-state index is 13.5. The van der Waals surface area contributed by atoms with Crippen LogP contribution in [0.1, 0.15) is 18.4 Å². The number of rotatable bonds is 4. The first-order valence-electron chi connectivity index (χ1n) is 6.23. The minimum absolute atomic E-state index is 0.0710. The number of nitrogens with zero attached hydrogens (tertiary/aromatic N) is 1. The van der Waals surface area contributed by atoms with Gasteiger partial charge in [0.05, 0.1) is 12.7 Å². The van der Waals surface area contributed by atoms with E-state index in [1.807, 2.05) is 0 Å². The van der Waals surface area contributed by atoms with E-state index in [-0.39, 0.29) is 12.7 Å². The van der Waals surface area contributed by atoms with Crippen LogP contribution in [0.15, 0.2) is 18.2 Å². The van der Waals surface area contributed by atoms with Gasteiger partial charge in [0, 0.05) is 13.1 Å². The molecule has 1 aromatic rings. The van der Waals surface area contributed by atoms with Crippen molar-refractivity contribution in [1.29, 1.82) is 0 Å². The summed E-state index contributed by atoms with van der Waals surface area (Å²) in [5, 5.41) is 4.18. The van der Waals surface area contributed by atoms with E-state index in [1.165, 1.54) is 6.07 Å². The number of benzene rings is 1. The lowest BCUT2D eigenvalue weighted by atomic mass is 10.1. The lowest BCUT2D eigenvalue weighted by Gasteiger charge is -2.22. The summed E-state index contributed by atoms with van der Waals surface area (Å²) in [7, 11) is 0. The molecule has 1 fully saturated rings. The van der Waals surface area contributed by atoms with Crippen molar-refractivity contribution in [2.45, 2.75) is 31.9 Å². The predicted molar refractivity (Wildman–Crippen MR) is 62.8 cm³/mol. The van der Waals surface area contributed by atoms with Crippen molar-refractivity contribution in [2.75, 3.05) is 13.1 Å². The third kappa shape index (κ3) is 4.64. The summed E-state index contributed by atoms with van der Waals surface area (Å²) in [6.07, 6.45) is -3.19. The fourth-order valence-corrected chi connectivity index (χ4v) is 1.95. The van der Waals surface area contributed by atoms with Crippen LogP contribution >= 0.6 is 0 Å². The quantitative estimate of drug-likeness (QED) is 0.799. The molecule has 1 aliphatic heterocycles. The van der Waals surface area contributed by atoms with Crippen LogP contribution in [0.5, 0.6) is 5.75 Å². The van der Waals surface area contributed by atoms with Gasteiger partial charge in [-0.1, -0.05) is 6.07 Å². The minimum atomic E-state index is -4.90. The highest BCUT2D eigenvalue weighted by molar-refractivity contribution is 5.29. The van der Waals surface area contributed by atoms with Gasteiger partial charge in [0.25, 0.3) is 0 Å². The summed E-state index contributed by atoms with van der Waals surface area (Å²) in [5.74, 6) is -1.89. The zero-order chi connectivity index (χ0) is 14.6. The summed E-state index contributed by atoms with van der Waals surface area (Å²) in [6, 6.07) is 3.31. The van der Waals surface area contributed by atoms with E-state index < -0.39 is 17.9 Å². The molecular weight excluding hydrogens is 278 g/mol. The SMILES string of the molecule is Fc1cc(COC2CC[N]CC2)ccc1OC(F)(F)F. The van der Waals surface area contributed by atoms with Gasteiger partial charge in [0.2, 0.25) is 0 Å². The highest BCUT2D eigenvalue weighted by atomic mass is 19.4. The van der Waals surface area contributed by atoms with Crippen LogP contribution in [0.3, 0.4) is 0 Å². The van der Waals surface area contributed by atoms with Crippen LogP contribution in [-0.2, 0) is 11.3 Å². The Bertz CT molecular complexity index is 444. The van der Waals surface area contributed by atoms with Gasteiger partial charge in [0.15, 0.2) is 11.6 Å².